The SMILES string of the molecule is CCN(C1CCCNC1)S(=O)(=O)c1ccccc1Cl. The van der Waals surface area contributed by atoms with Crippen LogP contribution >= 0.6 is 11.6 Å². The van der Waals surface area contributed by atoms with Crippen LogP contribution in [0.15, 0.2) is 29.2 Å². The number of sulfonamides is 1. The lowest BCUT2D eigenvalue weighted by atomic mass is 10.1. The number of hydrogen-bond donors (Lipinski definition) is 1. The minimum atomic E-state index is -3.52. The number of rotatable bonds is 4. The molecule has 1 fully saturated rings. The van der Waals surface area contributed by atoms with Gasteiger partial charge in [-0.15, -0.1) is 0 Å². The fourth-order valence-corrected chi connectivity index (χ4v) is 4.64. The molecule has 1 aliphatic rings. The lowest BCUT2D eigenvalue weighted by Crippen LogP contribution is -2.48. The van der Waals surface area contributed by atoms with Crippen molar-refractivity contribution in [2.45, 2.75) is 30.7 Å². The molecule has 2 rings (SSSR count). The van der Waals surface area contributed by atoms with Crippen molar-refractivity contribution >= 4 is 21.6 Å². The molecule has 1 N–H and O–H groups in total. The summed E-state index contributed by atoms with van der Waals surface area (Å²) in [6.07, 6.45) is 1.89. The quantitative estimate of drug-likeness (QED) is 0.926. The molecule has 0 bridgehead atoms. The van der Waals surface area contributed by atoms with E-state index >= 15 is 0 Å². The zero-order valence-electron chi connectivity index (χ0n) is 11.0. The summed E-state index contributed by atoms with van der Waals surface area (Å²) in [6, 6.07) is 6.63. The Morgan fingerprint density at radius 3 is 2.74 bits per heavy atom. The van der Waals surface area contributed by atoms with Crippen molar-refractivity contribution < 1.29 is 8.42 Å². The maximum Gasteiger partial charge on any atom is 0.244 e. The first kappa shape index (κ1) is 14.8. The predicted octanol–water partition coefficient (Wildman–Crippen LogP) is 2.10. The van der Waals surface area contributed by atoms with Crippen LogP contribution in [-0.2, 0) is 10.0 Å². The van der Waals surface area contributed by atoms with Gasteiger partial charge < -0.3 is 5.32 Å². The van der Waals surface area contributed by atoms with E-state index in [0.717, 1.165) is 19.4 Å². The molecule has 1 aromatic carbocycles. The van der Waals surface area contributed by atoms with Gasteiger partial charge in [-0.1, -0.05) is 30.7 Å². The monoisotopic (exact) mass is 302 g/mol. The molecular weight excluding hydrogens is 284 g/mol. The molecular formula is C13H19ClN2O2S. The van der Waals surface area contributed by atoms with Crippen molar-refractivity contribution in [3.05, 3.63) is 29.3 Å². The van der Waals surface area contributed by atoms with E-state index in [1.165, 1.54) is 0 Å². The minimum absolute atomic E-state index is 0.0139. The average molecular weight is 303 g/mol. The Morgan fingerprint density at radius 2 is 2.16 bits per heavy atom. The fourth-order valence-electron chi connectivity index (χ4n) is 2.48. The summed E-state index contributed by atoms with van der Waals surface area (Å²) in [5, 5.41) is 3.53. The van der Waals surface area contributed by atoms with Gasteiger partial charge in [-0.05, 0) is 31.5 Å². The van der Waals surface area contributed by atoms with E-state index in [1.54, 1.807) is 28.6 Å². The van der Waals surface area contributed by atoms with Crippen molar-refractivity contribution in [1.29, 1.82) is 0 Å². The van der Waals surface area contributed by atoms with Gasteiger partial charge in [0.2, 0.25) is 10.0 Å². The fraction of sp³-hybridized carbons (Fsp3) is 0.538. The van der Waals surface area contributed by atoms with Gasteiger partial charge in [-0.3, -0.25) is 0 Å². The molecule has 1 unspecified atom stereocenters. The maximum absolute atomic E-state index is 12.7. The standard InChI is InChI=1S/C13H19ClN2O2S/c1-2-16(11-6-5-9-15-10-11)19(17,18)13-8-4-3-7-12(13)14/h3-4,7-8,11,15H,2,5-6,9-10H2,1H3. The van der Waals surface area contributed by atoms with Gasteiger partial charge in [-0.2, -0.15) is 4.31 Å². The second-order valence-electron chi connectivity index (χ2n) is 4.64. The molecule has 1 atom stereocenters. The molecule has 1 saturated heterocycles. The zero-order chi connectivity index (χ0) is 13.9. The summed E-state index contributed by atoms with van der Waals surface area (Å²) in [6.45, 7) is 3.99. The van der Waals surface area contributed by atoms with Crippen LogP contribution in [0, 0.1) is 0 Å². The van der Waals surface area contributed by atoms with E-state index in [9.17, 15) is 8.42 Å². The summed E-state index contributed by atoms with van der Waals surface area (Å²) in [4.78, 5) is 0.198. The highest BCUT2D eigenvalue weighted by Gasteiger charge is 2.32. The summed E-state index contributed by atoms with van der Waals surface area (Å²) < 4.78 is 27.0. The van der Waals surface area contributed by atoms with E-state index < -0.39 is 10.0 Å². The Kier molecular flexibility index (Phi) is 4.84. The van der Waals surface area contributed by atoms with Gasteiger partial charge in [0.25, 0.3) is 0 Å². The first-order chi connectivity index (χ1) is 9.07. The lowest BCUT2D eigenvalue weighted by molar-refractivity contribution is 0.274. The first-order valence-corrected chi connectivity index (χ1v) is 8.36. The summed E-state index contributed by atoms with van der Waals surface area (Å²) in [5.74, 6) is 0. The second kappa shape index (κ2) is 6.22. The molecule has 1 aliphatic heterocycles. The van der Waals surface area contributed by atoms with Gasteiger partial charge in [0, 0.05) is 19.1 Å². The van der Waals surface area contributed by atoms with E-state index in [0.29, 0.717) is 13.1 Å². The highest BCUT2D eigenvalue weighted by atomic mass is 35.5. The van der Waals surface area contributed by atoms with Crippen LogP contribution in [0.3, 0.4) is 0 Å². The molecule has 0 radical (unpaired) electrons. The molecule has 0 spiro atoms. The number of halogens is 1. The molecule has 6 heteroatoms. The number of nitrogens with zero attached hydrogens (tertiary/aromatic N) is 1. The molecule has 0 saturated carbocycles. The van der Waals surface area contributed by atoms with Crippen LogP contribution in [0.1, 0.15) is 19.8 Å². The molecule has 0 aromatic heterocycles. The van der Waals surface area contributed by atoms with Crippen LogP contribution in [0.25, 0.3) is 0 Å². The highest BCUT2D eigenvalue weighted by molar-refractivity contribution is 7.89. The van der Waals surface area contributed by atoms with Crippen molar-refractivity contribution in [3.63, 3.8) is 0 Å². The van der Waals surface area contributed by atoms with Crippen molar-refractivity contribution in [1.82, 2.24) is 9.62 Å². The number of hydrogen-bond acceptors (Lipinski definition) is 3. The smallest absolute Gasteiger partial charge is 0.244 e. The van der Waals surface area contributed by atoms with Crippen LogP contribution in [0.2, 0.25) is 5.02 Å². The molecule has 19 heavy (non-hydrogen) atoms. The Balaban J connectivity index is 2.33. The average Bonchev–Trinajstić information content (AvgIpc) is 2.40. The number of nitrogens with one attached hydrogen (secondary N) is 1. The predicted molar refractivity (Wildman–Crippen MR) is 76.9 cm³/mol. The Labute approximate surface area is 119 Å². The third kappa shape index (κ3) is 3.11. The van der Waals surface area contributed by atoms with Gasteiger partial charge in [0.1, 0.15) is 4.90 Å². The van der Waals surface area contributed by atoms with Crippen molar-refractivity contribution in [3.8, 4) is 0 Å². The van der Waals surface area contributed by atoms with Crippen LogP contribution in [0.4, 0.5) is 0 Å². The zero-order valence-corrected chi connectivity index (χ0v) is 12.5. The number of piperidine rings is 1. The van der Waals surface area contributed by atoms with Crippen LogP contribution in [0.5, 0.6) is 0 Å². The molecule has 0 amide bonds. The van der Waals surface area contributed by atoms with Gasteiger partial charge in [0.05, 0.1) is 5.02 Å². The third-order valence-electron chi connectivity index (χ3n) is 3.41. The molecule has 0 aliphatic carbocycles. The van der Waals surface area contributed by atoms with E-state index in [4.69, 9.17) is 11.6 Å². The van der Waals surface area contributed by atoms with Crippen molar-refractivity contribution in [2.75, 3.05) is 19.6 Å². The highest BCUT2D eigenvalue weighted by Crippen LogP contribution is 2.26. The normalized spacial score (nSPS) is 20.7. The van der Waals surface area contributed by atoms with Crippen molar-refractivity contribution in [2.24, 2.45) is 0 Å². The molecule has 1 aromatic rings. The van der Waals surface area contributed by atoms with Crippen LogP contribution in [-0.4, -0.2) is 38.4 Å². The Hall–Kier alpha value is -0.620. The summed E-state index contributed by atoms with van der Waals surface area (Å²) in [5.41, 5.74) is 0. The van der Waals surface area contributed by atoms with Crippen LogP contribution < -0.4 is 5.32 Å². The number of likely N-dealkylation sites (N-methyl/N-ethyl adjacent to an activating group) is 1. The first-order valence-electron chi connectivity index (χ1n) is 6.54. The minimum Gasteiger partial charge on any atom is -0.315 e. The molecule has 106 valence electrons. The lowest BCUT2D eigenvalue weighted by Gasteiger charge is -2.33. The van der Waals surface area contributed by atoms with E-state index in [-0.39, 0.29) is 16.0 Å². The van der Waals surface area contributed by atoms with Gasteiger partial charge in [0.15, 0.2) is 0 Å². The number of benzene rings is 1. The second-order valence-corrected chi connectivity index (χ2v) is 6.91. The van der Waals surface area contributed by atoms with Gasteiger partial charge >= 0.3 is 0 Å². The topological polar surface area (TPSA) is 49.4 Å². The maximum atomic E-state index is 12.7. The van der Waals surface area contributed by atoms with E-state index in [2.05, 4.69) is 5.32 Å². The Morgan fingerprint density at radius 1 is 1.42 bits per heavy atom. The summed E-state index contributed by atoms with van der Waals surface area (Å²) in [7, 11) is -3.52. The van der Waals surface area contributed by atoms with Gasteiger partial charge in [-0.25, -0.2) is 8.42 Å². The summed E-state index contributed by atoms with van der Waals surface area (Å²) >= 11 is 6.03. The van der Waals surface area contributed by atoms with E-state index in [1.807, 2.05) is 6.92 Å². The largest absolute Gasteiger partial charge is 0.315 e. The molecule has 1 heterocycles. The molecule has 4 nitrogen and oxygen atoms in total. The third-order valence-corrected chi connectivity index (χ3v) is 5.94. The Bertz CT molecular complexity index is 527.